The average Bonchev–Trinajstić information content (AvgIpc) is 3.45. The summed E-state index contributed by atoms with van der Waals surface area (Å²) in [5, 5.41) is 7.62. The van der Waals surface area contributed by atoms with Gasteiger partial charge in [0.25, 0.3) is 0 Å². The lowest BCUT2D eigenvalue weighted by Gasteiger charge is -2.29. The molecule has 1 aliphatic rings. The molecule has 9 aromatic carbocycles. The highest BCUT2D eigenvalue weighted by atomic mass is 15.1. The molecule has 0 aromatic heterocycles. The van der Waals surface area contributed by atoms with Crippen LogP contribution in [-0.4, -0.2) is 0 Å². The molecular formula is C51H38N2. The molecule has 53 heavy (non-hydrogen) atoms. The van der Waals surface area contributed by atoms with Gasteiger partial charge < -0.3 is 9.80 Å². The quantitative estimate of drug-likeness (QED) is 0.162. The third-order valence-corrected chi connectivity index (χ3v) is 11.1. The number of hydrogen-bond donors (Lipinski definition) is 0. The van der Waals surface area contributed by atoms with Crippen molar-refractivity contribution >= 4 is 66.4 Å². The molecule has 9 aromatic rings. The van der Waals surface area contributed by atoms with E-state index in [1.807, 2.05) is 0 Å². The molecule has 0 fully saturated rings. The van der Waals surface area contributed by atoms with Crippen LogP contribution in [0.5, 0.6) is 0 Å². The van der Waals surface area contributed by atoms with Gasteiger partial charge in [-0.25, -0.2) is 0 Å². The van der Waals surface area contributed by atoms with Crippen LogP contribution in [0.15, 0.2) is 194 Å². The first-order valence-corrected chi connectivity index (χ1v) is 18.4. The second-order valence-corrected chi connectivity index (χ2v) is 14.6. The summed E-state index contributed by atoms with van der Waals surface area (Å²) >= 11 is 0. The smallest absolute Gasteiger partial charge is 0.0468 e. The Morgan fingerprint density at radius 2 is 0.830 bits per heavy atom. The Labute approximate surface area is 310 Å². The van der Waals surface area contributed by atoms with Crippen molar-refractivity contribution in [3.8, 4) is 11.1 Å². The standard InChI is InChI=1S/C51H38N2/c1-51(2)48-34-42(52(37-18-6-3-7-19-37)38-20-8-4-9-21-38)29-31-46(48)49-44-25-15-14-24-43(44)47-33-41(28-30-45(47)50(49)51)53(39-22-10-5-11-23-39)40-27-26-35-16-12-13-17-36(35)32-40/h3-34H,1-2H3. The second-order valence-electron chi connectivity index (χ2n) is 14.6. The molecule has 1 aliphatic carbocycles. The molecule has 0 unspecified atom stereocenters. The molecule has 0 bridgehead atoms. The summed E-state index contributed by atoms with van der Waals surface area (Å²) in [7, 11) is 0. The van der Waals surface area contributed by atoms with Crippen molar-refractivity contribution in [3.05, 3.63) is 205 Å². The minimum atomic E-state index is -0.235. The van der Waals surface area contributed by atoms with Crippen molar-refractivity contribution < 1.29 is 0 Å². The van der Waals surface area contributed by atoms with E-state index < -0.39 is 0 Å². The molecule has 0 radical (unpaired) electrons. The Balaban J connectivity index is 1.18. The lowest BCUT2D eigenvalue weighted by Crippen LogP contribution is -2.17. The summed E-state index contributed by atoms with van der Waals surface area (Å²) in [5.41, 5.74) is 12.0. The maximum absolute atomic E-state index is 2.43. The Bertz CT molecular complexity index is 2760. The van der Waals surface area contributed by atoms with Crippen LogP contribution in [-0.2, 0) is 5.41 Å². The maximum atomic E-state index is 2.43. The van der Waals surface area contributed by atoms with E-state index in [0.717, 1.165) is 34.1 Å². The molecule has 2 nitrogen and oxygen atoms in total. The first kappa shape index (κ1) is 31.1. The van der Waals surface area contributed by atoms with Crippen LogP contribution in [0.1, 0.15) is 25.0 Å². The van der Waals surface area contributed by atoms with E-state index >= 15 is 0 Å². The van der Waals surface area contributed by atoms with Crippen LogP contribution >= 0.6 is 0 Å². The molecule has 0 heterocycles. The minimum Gasteiger partial charge on any atom is -0.310 e. The second kappa shape index (κ2) is 12.3. The fourth-order valence-electron chi connectivity index (χ4n) is 8.73. The summed E-state index contributed by atoms with van der Waals surface area (Å²) in [6.45, 7) is 4.81. The largest absolute Gasteiger partial charge is 0.310 e. The van der Waals surface area contributed by atoms with E-state index in [2.05, 4.69) is 218 Å². The van der Waals surface area contributed by atoms with Gasteiger partial charge in [-0.05, 0) is 127 Å². The van der Waals surface area contributed by atoms with Crippen LogP contribution in [0.3, 0.4) is 0 Å². The van der Waals surface area contributed by atoms with Gasteiger partial charge in [0, 0.05) is 39.5 Å². The summed E-state index contributed by atoms with van der Waals surface area (Å²) < 4.78 is 0. The topological polar surface area (TPSA) is 6.48 Å². The van der Waals surface area contributed by atoms with Crippen LogP contribution < -0.4 is 9.80 Å². The molecule has 10 rings (SSSR count). The van der Waals surface area contributed by atoms with Crippen molar-refractivity contribution in [3.63, 3.8) is 0 Å². The average molecular weight is 679 g/mol. The fourth-order valence-corrected chi connectivity index (χ4v) is 8.73. The molecule has 0 aliphatic heterocycles. The highest BCUT2D eigenvalue weighted by Gasteiger charge is 2.39. The lowest BCUT2D eigenvalue weighted by atomic mass is 9.79. The predicted molar refractivity (Wildman–Crippen MR) is 226 cm³/mol. The Morgan fingerprint density at radius 1 is 0.340 bits per heavy atom. The van der Waals surface area contributed by atoms with E-state index in [1.54, 1.807) is 0 Å². The molecule has 252 valence electrons. The van der Waals surface area contributed by atoms with Gasteiger partial charge in [-0.1, -0.05) is 135 Å². The number of benzene rings is 9. The first-order chi connectivity index (χ1) is 26.1. The van der Waals surface area contributed by atoms with E-state index in [4.69, 9.17) is 0 Å². The van der Waals surface area contributed by atoms with Gasteiger partial charge in [0.1, 0.15) is 0 Å². The highest BCUT2D eigenvalue weighted by molar-refractivity contribution is 6.19. The van der Waals surface area contributed by atoms with Gasteiger partial charge in [0.15, 0.2) is 0 Å². The Morgan fingerprint density at radius 3 is 1.49 bits per heavy atom. The number of anilines is 6. The number of hydrogen-bond acceptors (Lipinski definition) is 2. The first-order valence-electron chi connectivity index (χ1n) is 18.4. The van der Waals surface area contributed by atoms with Crippen molar-refractivity contribution in [2.24, 2.45) is 0 Å². The highest BCUT2D eigenvalue weighted by Crippen LogP contribution is 2.56. The van der Waals surface area contributed by atoms with Crippen molar-refractivity contribution in [2.45, 2.75) is 19.3 Å². The summed E-state index contributed by atoms with van der Waals surface area (Å²) in [4.78, 5) is 4.76. The summed E-state index contributed by atoms with van der Waals surface area (Å²) in [6, 6.07) is 70.7. The zero-order valence-electron chi connectivity index (χ0n) is 29.9. The molecule has 0 N–H and O–H groups in total. The van der Waals surface area contributed by atoms with Crippen LogP contribution in [0.2, 0.25) is 0 Å². The molecule has 0 atom stereocenters. The summed E-state index contributed by atoms with van der Waals surface area (Å²) in [6.07, 6.45) is 0. The number of para-hydroxylation sites is 3. The molecule has 0 saturated carbocycles. The van der Waals surface area contributed by atoms with Gasteiger partial charge in [-0.15, -0.1) is 0 Å². The van der Waals surface area contributed by atoms with Crippen molar-refractivity contribution in [1.82, 2.24) is 0 Å². The SMILES string of the molecule is CC1(C)c2cc(N(c3ccccc3)c3ccccc3)ccc2-c2c1c1ccc(N(c3ccccc3)c3ccc4ccccc4c3)cc1c1ccccc21. The number of nitrogens with zero attached hydrogens (tertiary/aromatic N) is 2. The minimum absolute atomic E-state index is 0.235. The van der Waals surface area contributed by atoms with E-state index in [1.165, 1.54) is 54.6 Å². The van der Waals surface area contributed by atoms with Gasteiger partial charge in [0.05, 0.1) is 0 Å². The summed E-state index contributed by atoms with van der Waals surface area (Å²) in [5.74, 6) is 0. The van der Waals surface area contributed by atoms with Crippen LogP contribution in [0.25, 0.3) is 43.4 Å². The molecular weight excluding hydrogens is 641 g/mol. The van der Waals surface area contributed by atoms with Gasteiger partial charge in [0.2, 0.25) is 0 Å². The number of fused-ring (bicyclic) bond motifs is 9. The normalized spacial score (nSPS) is 12.9. The van der Waals surface area contributed by atoms with E-state index in [0.29, 0.717) is 0 Å². The molecule has 0 spiro atoms. The molecule has 0 amide bonds. The maximum Gasteiger partial charge on any atom is 0.0468 e. The van der Waals surface area contributed by atoms with Crippen molar-refractivity contribution in [1.29, 1.82) is 0 Å². The molecule has 2 heteroatoms. The van der Waals surface area contributed by atoms with E-state index in [-0.39, 0.29) is 5.41 Å². The third kappa shape index (κ3) is 5.02. The Hall–Kier alpha value is -6.64. The van der Waals surface area contributed by atoms with Crippen LogP contribution in [0, 0.1) is 0 Å². The van der Waals surface area contributed by atoms with Crippen LogP contribution in [0.4, 0.5) is 34.1 Å². The van der Waals surface area contributed by atoms with E-state index in [9.17, 15) is 0 Å². The predicted octanol–water partition coefficient (Wildman–Crippen LogP) is 14.4. The van der Waals surface area contributed by atoms with Crippen molar-refractivity contribution in [2.75, 3.05) is 9.80 Å². The lowest BCUT2D eigenvalue weighted by molar-refractivity contribution is 0.666. The fraction of sp³-hybridized carbons (Fsp3) is 0.0588. The zero-order valence-corrected chi connectivity index (χ0v) is 29.9. The molecule has 0 saturated heterocycles. The van der Waals surface area contributed by atoms with Gasteiger partial charge in [-0.2, -0.15) is 0 Å². The Kier molecular flexibility index (Phi) is 7.19. The zero-order chi connectivity index (χ0) is 35.5. The van der Waals surface area contributed by atoms with Gasteiger partial charge in [-0.3, -0.25) is 0 Å². The monoisotopic (exact) mass is 678 g/mol. The third-order valence-electron chi connectivity index (χ3n) is 11.1. The van der Waals surface area contributed by atoms with Gasteiger partial charge >= 0.3 is 0 Å². The number of rotatable bonds is 6.